The van der Waals surface area contributed by atoms with Crippen molar-refractivity contribution in [1.82, 2.24) is 19.5 Å². The molecule has 2 fully saturated rings. The van der Waals surface area contributed by atoms with E-state index in [1.54, 1.807) is 0 Å². The van der Waals surface area contributed by atoms with Crippen molar-refractivity contribution >= 4 is 38.2 Å². The number of hydrogen-bond donors (Lipinski definition) is 2. The van der Waals surface area contributed by atoms with Gasteiger partial charge in [-0.2, -0.15) is 9.05 Å². The Morgan fingerprint density at radius 3 is 3.05 bits per heavy atom. The van der Waals surface area contributed by atoms with Crippen LogP contribution in [-0.2, 0) is 13.8 Å². The standard InChI is InChI=1S/C10H10BClN4O5P/c11-22(18)19-1-4-7(21-22)6(17)10(20-4)16-3-15-5-8(12)13-2-14-9(5)16/h2-4,6-7,10,17-18H,1H2/q+1/t4-,6?,7-,10-,22?/m1/s1. The molecule has 2 aromatic rings. The van der Waals surface area contributed by atoms with Gasteiger partial charge in [-0.25, -0.2) is 19.8 Å². The van der Waals surface area contributed by atoms with Crippen LogP contribution < -0.4 is 0 Å². The molecule has 4 heterocycles. The second-order valence-corrected chi connectivity index (χ2v) is 6.93. The first kappa shape index (κ1) is 14.7. The lowest BCUT2D eigenvalue weighted by atomic mass is 10.1. The van der Waals surface area contributed by atoms with Gasteiger partial charge in [-0.15, -0.1) is 0 Å². The lowest BCUT2D eigenvalue weighted by Gasteiger charge is -2.27. The van der Waals surface area contributed by atoms with E-state index >= 15 is 0 Å². The monoisotopic (exact) mass is 343 g/mol. The van der Waals surface area contributed by atoms with E-state index in [9.17, 15) is 10.00 Å². The number of nitrogens with zero attached hydrogens (tertiary/aromatic N) is 4. The van der Waals surface area contributed by atoms with Gasteiger partial charge in [0.15, 0.2) is 23.1 Å². The van der Waals surface area contributed by atoms with E-state index in [0.717, 1.165) is 0 Å². The average molecular weight is 343 g/mol. The van der Waals surface area contributed by atoms with Crippen molar-refractivity contribution in [3.63, 3.8) is 0 Å². The summed E-state index contributed by atoms with van der Waals surface area (Å²) >= 11 is 5.95. The Hall–Kier alpha value is -0.865. The Balaban J connectivity index is 1.70. The molecule has 22 heavy (non-hydrogen) atoms. The molecule has 0 spiro atoms. The zero-order chi connectivity index (χ0) is 15.5. The zero-order valence-electron chi connectivity index (χ0n) is 11.0. The fourth-order valence-corrected chi connectivity index (χ4v) is 3.82. The predicted octanol–water partition coefficient (Wildman–Crippen LogP) is -0.00820. The highest BCUT2D eigenvalue weighted by atomic mass is 35.5. The van der Waals surface area contributed by atoms with E-state index in [1.165, 1.54) is 17.2 Å². The summed E-state index contributed by atoms with van der Waals surface area (Å²) < 4.78 is 17.5. The van der Waals surface area contributed by atoms with Crippen LogP contribution in [0.2, 0.25) is 5.15 Å². The molecule has 114 valence electrons. The molecule has 0 saturated carbocycles. The molecule has 2 aliphatic heterocycles. The maximum absolute atomic E-state index is 10.4. The van der Waals surface area contributed by atoms with Crippen LogP contribution in [0.1, 0.15) is 6.23 Å². The van der Waals surface area contributed by atoms with Gasteiger partial charge in [-0.05, 0) is 0 Å². The Morgan fingerprint density at radius 1 is 1.41 bits per heavy atom. The topological polar surface area (TPSA) is 112 Å². The summed E-state index contributed by atoms with van der Waals surface area (Å²) in [7, 11) is 2.05. The van der Waals surface area contributed by atoms with Crippen LogP contribution in [-0.4, -0.2) is 62.0 Å². The number of aromatic nitrogens is 4. The summed E-state index contributed by atoms with van der Waals surface area (Å²) in [5, 5.41) is 10.6. The number of ether oxygens (including phenoxy) is 1. The molecule has 2 radical (unpaired) electrons. The minimum absolute atomic E-state index is 0.0291. The second kappa shape index (κ2) is 5.07. The number of rotatable bonds is 1. The van der Waals surface area contributed by atoms with E-state index in [1.807, 2.05) is 0 Å². The minimum Gasteiger partial charge on any atom is -0.385 e. The molecule has 2 N–H and O–H groups in total. The molecule has 2 saturated heterocycles. The SMILES string of the molecule is [B][P+]1(O)OC[C@H]2O[C@@H](n3cnc4c(Cl)ncnc43)C(O)[C@@H]2O1. The van der Waals surface area contributed by atoms with Crippen molar-refractivity contribution in [2.24, 2.45) is 0 Å². The third kappa shape index (κ3) is 2.23. The molecular formula is C10H10BClN4O5P+. The molecule has 5 atom stereocenters. The highest BCUT2D eigenvalue weighted by molar-refractivity contribution is 7.85. The highest BCUT2D eigenvalue weighted by Crippen LogP contribution is 2.58. The van der Waals surface area contributed by atoms with Gasteiger partial charge < -0.3 is 9.84 Å². The number of aliphatic hydroxyl groups is 1. The summed E-state index contributed by atoms with van der Waals surface area (Å²) in [4.78, 5) is 21.7. The van der Waals surface area contributed by atoms with E-state index in [4.69, 9.17) is 33.0 Å². The third-order valence-electron chi connectivity index (χ3n) is 3.59. The Labute approximate surface area is 131 Å². The lowest BCUT2D eigenvalue weighted by Crippen LogP contribution is -2.40. The predicted molar refractivity (Wildman–Crippen MR) is 76.0 cm³/mol. The van der Waals surface area contributed by atoms with E-state index in [0.29, 0.717) is 11.2 Å². The number of aliphatic hydroxyl groups excluding tert-OH is 1. The van der Waals surface area contributed by atoms with Crippen molar-refractivity contribution in [2.45, 2.75) is 24.5 Å². The first-order valence-electron chi connectivity index (χ1n) is 6.36. The second-order valence-electron chi connectivity index (χ2n) is 4.97. The largest absolute Gasteiger partial charge is 0.488 e. The first-order valence-corrected chi connectivity index (χ1v) is 8.38. The number of imidazole rings is 1. The summed E-state index contributed by atoms with van der Waals surface area (Å²) in [6.07, 6.45) is -0.500. The molecule has 12 heteroatoms. The zero-order valence-corrected chi connectivity index (χ0v) is 12.6. The number of halogens is 1. The van der Waals surface area contributed by atoms with Crippen LogP contribution in [0.4, 0.5) is 0 Å². The summed E-state index contributed by atoms with van der Waals surface area (Å²) in [5.41, 5.74) is 0.816. The fraction of sp³-hybridized carbons (Fsp3) is 0.500. The van der Waals surface area contributed by atoms with Gasteiger partial charge in [-0.3, -0.25) is 4.57 Å². The number of fused-ring (bicyclic) bond motifs is 2. The summed E-state index contributed by atoms with van der Waals surface area (Å²) in [6.45, 7) is 0.0291. The number of hydrogen-bond acceptors (Lipinski definition) is 8. The molecule has 0 aliphatic carbocycles. The van der Waals surface area contributed by atoms with Gasteiger partial charge >= 0.3 is 15.4 Å². The minimum atomic E-state index is -3.41. The van der Waals surface area contributed by atoms with Crippen LogP contribution in [0, 0.1) is 0 Å². The van der Waals surface area contributed by atoms with Gasteiger partial charge in [0.1, 0.15) is 30.7 Å². The van der Waals surface area contributed by atoms with Crippen molar-refractivity contribution < 1.29 is 23.8 Å². The Kier molecular flexibility index (Phi) is 3.39. The Morgan fingerprint density at radius 2 is 2.23 bits per heavy atom. The summed E-state index contributed by atoms with van der Waals surface area (Å²) in [6, 6.07) is 0. The molecule has 0 aromatic carbocycles. The average Bonchev–Trinajstić information content (AvgIpc) is 3.01. The molecule has 0 amide bonds. The fourth-order valence-electron chi connectivity index (χ4n) is 2.61. The maximum Gasteiger partial charge on any atom is 0.488 e. The quantitative estimate of drug-likeness (QED) is 0.422. The van der Waals surface area contributed by atoms with Crippen molar-refractivity contribution in [1.29, 1.82) is 0 Å². The van der Waals surface area contributed by atoms with Crippen LogP contribution in [0.15, 0.2) is 12.7 Å². The van der Waals surface area contributed by atoms with Gasteiger partial charge in [0.2, 0.25) is 0 Å². The van der Waals surface area contributed by atoms with Gasteiger partial charge in [0.05, 0.1) is 6.33 Å². The van der Waals surface area contributed by atoms with E-state index in [-0.39, 0.29) is 11.8 Å². The molecule has 2 aliphatic rings. The molecular weight excluding hydrogens is 333 g/mol. The molecule has 4 rings (SSSR count). The maximum atomic E-state index is 10.4. The van der Waals surface area contributed by atoms with Crippen molar-refractivity contribution in [2.75, 3.05) is 6.61 Å². The normalized spacial score (nSPS) is 38.3. The van der Waals surface area contributed by atoms with Gasteiger partial charge in [0, 0.05) is 0 Å². The smallest absolute Gasteiger partial charge is 0.385 e. The van der Waals surface area contributed by atoms with Crippen LogP contribution >= 0.6 is 19.4 Å². The van der Waals surface area contributed by atoms with Crippen LogP contribution in [0.25, 0.3) is 11.2 Å². The lowest BCUT2D eigenvalue weighted by molar-refractivity contribution is -0.0603. The Bertz CT molecular complexity index is 732. The van der Waals surface area contributed by atoms with E-state index in [2.05, 4.69) is 15.0 Å². The van der Waals surface area contributed by atoms with E-state index < -0.39 is 32.4 Å². The highest BCUT2D eigenvalue weighted by Gasteiger charge is 2.56. The van der Waals surface area contributed by atoms with Crippen LogP contribution in [0.3, 0.4) is 0 Å². The molecule has 0 bridgehead atoms. The van der Waals surface area contributed by atoms with Crippen molar-refractivity contribution in [3.8, 4) is 0 Å². The molecule has 2 unspecified atom stereocenters. The van der Waals surface area contributed by atoms with Crippen molar-refractivity contribution in [3.05, 3.63) is 17.8 Å². The van der Waals surface area contributed by atoms with Gasteiger partial charge in [-0.1, -0.05) is 11.6 Å². The summed E-state index contributed by atoms with van der Waals surface area (Å²) in [5.74, 6) is 0. The first-order chi connectivity index (χ1) is 10.5. The molecule has 9 nitrogen and oxygen atoms in total. The van der Waals surface area contributed by atoms with Gasteiger partial charge in [0.25, 0.3) is 0 Å². The molecule has 2 aromatic heterocycles. The third-order valence-corrected chi connectivity index (χ3v) is 4.94. The van der Waals surface area contributed by atoms with Crippen LogP contribution in [0.5, 0.6) is 0 Å².